The molecule has 1 heterocycles. The van der Waals surface area contributed by atoms with Gasteiger partial charge in [-0.3, -0.25) is 4.98 Å². The molecule has 0 aromatic carbocycles. The Balaban J connectivity index is 3.02. The van der Waals surface area contributed by atoms with Gasteiger partial charge in [-0.15, -0.1) is 0 Å². The summed E-state index contributed by atoms with van der Waals surface area (Å²) in [7, 11) is 0. The van der Waals surface area contributed by atoms with E-state index in [9.17, 15) is 0 Å². The third kappa shape index (κ3) is 2.29. The van der Waals surface area contributed by atoms with E-state index in [-0.39, 0.29) is 0 Å². The van der Waals surface area contributed by atoms with Gasteiger partial charge in [0.2, 0.25) is 0 Å². The quantitative estimate of drug-likeness (QED) is 0.737. The number of pyridine rings is 1. The van der Waals surface area contributed by atoms with E-state index in [0.717, 1.165) is 28.7 Å². The van der Waals surface area contributed by atoms with Crippen molar-refractivity contribution in [1.29, 1.82) is 0 Å². The van der Waals surface area contributed by atoms with E-state index in [1.54, 1.807) is 0 Å². The average molecular weight is 214 g/mol. The summed E-state index contributed by atoms with van der Waals surface area (Å²) in [6.07, 6.45) is 2.01. The number of hydrogen-bond acceptors (Lipinski definition) is 1. The second-order valence-electron chi connectivity index (χ2n) is 2.48. The van der Waals surface area contributed by atoms with Gasteiger partial charge in [0.15, 0.2) is 0 Å². The molecular formula is C9H12BrN. The Morgan fingerprint density at radius 2 is 1.64 bits per heavy atom. The van der Waals surface area contributed by atoms with Crippen LogP contribution >= 0.6 is 15.9 Å². The van der Waals surface area contributed by atoms with Crippen molar-refractivity contribution in [3.8, 4) is 0 Å². The van der Waals surface area contributed by atoms with Crippen LogP contribution in [0.15, 0.2) is 16.6 Å². The van der Waals surface area contributed by atoms with Crippen molar-refractivity contribution >= 4 is 15.9 Å². The van der Waals surface area contributed by atoms with Crippen LogP contribution < -0.4 is 0 Å². The molecular weight excluding hydrogens is 202 g/mol. The third-order valence-corrected chi connectivity index (χ3v) is 2.08. The fourth-order valence-electron chi connectivity index (χ4n) is 0.971. The highest BCUT2D eigenvalue weighted by Crippen LogP contribution is 2.13. The summed E-state index contributed by atoms with van der Waals surface area (Å²) in [5.41, 5.74) is 2.33. The molecule has 0 saturated heterocycles. The zero-order valence-corrected chi connectivity index (χ0v) is 8.48. The Morgan fingerprint density at radius 3 is 2.00 bits per heavy atom. The summed E-state index contributed by atoms with van der Waals surface area (Å²) in [4.78, 5) is 4.44. The first-order valence-corrected chi connectivity index (χ1v) is 4.71. The standard InChI is InChI=1S/C9H12BrN/c1-3-8-5-7(10)6-9(4-2)11-8/h5-6H,3-4H2,1-2H3. The number of hydrogen-bond donors (Lipinski definition) is 0. The van der Waals surface area contributed by atoms with Crippen molar-refractivity contribution in [3.63, 3.8) is 0 Å². The monoisotopic (exact) mass is 213 g/mol. The van der Waals surface area contributed by atoms with E-state index in [2.05, 4.69) is 46.9 Å². The maximum atomic E-state index is 4.44. The zero-order valence-electron chi connectivity index (χ0n) is 6.89. The molecule has 0 unspecified atom stereocenters. The topological polar surface area (TPSA) is 12.9 Å². The first-order chi connectivity index (χ1) is 5.26. The zero-order chi connectivity index (χ0) is 8.27. The van der Waals surface area contributed by atoms with Crippen LogP contribution in [0.2, 0.25) is 0 Å². The van der Waals surface area contributed by atoms with Gasteiger partial charge in [0.1, 0.15) is 0 Å². The molecule has 1 aromatic heterocycles. The molecule has 0 spiro atoms. The predicted octanol–water partition coefficient (Wildman–Crippen LogP) is 2.97. The van der Waals surface area contributed by atoms with E-state index in [1.807, 2.05) is 0 Å². The van der Waals surface area contributed by atoms with Crippen molar-refractivity contribution < 1.29 is 0 Å². The van der Waals surface area contributed by atoms with Crippen molar-refractivity contribution in [3.05, 3.63) is 28.0 Å². The maximum absolute atomic E-state index is 4.44. The van der Waals surface area contributed by atoms with E-state index < -0.39 is 0 Å². The summed E-state index contributed by atoms with van der Waals surface area (Å²) < 4.78 is 1.14. The third-order valence-electron chi connectivity index (χ3n) is 1.62. The Morgan fingerprint density at radius 1 is 1.18 bits per heavy atom. The maximum Gasteiger partial charge on any atom is 0.0415 e. The molecule has 0 atom stereocenters. The molecule has 1 nitrogen and oxygen atoms in total. The van der Waals surface area contributed by atoms with Crippen LogP contribution in [0.25, 0.3) is 0 Å². The van der Waals surface area contributed by atoms with Gasteiger partial charge in [0.05, 0.1) is 0 Å². The highest BCUT2D eigenvalue weighted by atomic mass is 79.9. The van der Waals surface area contributed by atoms with E-state index >= 15 is 0 Å². The Hall–Kier alpha value is -0.370. The molecule has 0 amide bonds. The SMILES string of the molecule is CCc1cc(Br)cc(CC)n1. The van der Waals surface area contributed by atoms with Crippen LogP contribution in [-0.4, -0.2) is 4.98 Å². The van der Waals surface area contributed by atoms with E-state index in [4.69, 9.17) is 0 Å². The molecule has 60 valence electrons. The molecule has 0 aliphatic heterocycles. The van der Waals surface area contributed by atoms with Crippen LogP contribution in [0.5, 0.6) is 0 Å². The highest BCUT2D eigenvalue weighted by Gasteiger charge is 1.96. The molecule has 0 aliphatic rings. The Bertz CT molecular complexity index is 223. The molecule has 11 heavy (non-hydrogen) atoms. The lowest BCUT2D eigenvalue weighted by Gasteiger charge is -2.00. The molecule has 1 aromatic rings. The largest absolute Gasteiger partial charge is 0.258 e. The molecule has 0 saturated carbocycles. The molecule has 0 radical (unpaired) electrons. The first kappa shape index (κ1) is 8.72. The molecule has 0 fully saturated rings. The van der Waals surface area contributed by atoms with Gasteiger partial charge in [-0.1, -0.05) is 29.8 Å². The van der Waals surface area contributed by atoms with Crippen LogP contribution in [-0.2, 0) is 12.8 Å². The summed E-state index contributed by atoms with van der Waals surface area (Å²) in [6.45, 7) is 4.24. The van der Waals surface area contributed by atoms with Gasteiger partial charge in [-0.25, -0.2) is 0 Å². The fraction of sp³-hybridized carbons (Fsp3) is 0.444. The van der Waals surface area contributed by atoms with Crippen molar-refractivity contribution in [2.45, 2.75) is 26.7 Å². The van der Waals surface area contributed by atoms with Crippen LogP contribution in [0.3, 0.4) is 0 Å². The van der Waals surface area contributed by atoms with Gasteiger partial charge < -0.3 is 0 Å². The van der Waals surface area contributed by atoms with Gasteiger partial charge in [-0.2, -0.15) is 0 Å². The summed E-state index contributed by atoms with van der Waals surface area (Å²) in [5.74, 6) is 0. The lowest BCUT2D eigenvalue weighted by Crippen LogP contribution is -1.92. The van der Waals surface area contributed by atoms with Gasteiger partial charge in [-0.05, 0) is 25.0 Å². The molecule has 2 heteroatoms. The summed E-state index contributed by atoms with van der Waals surface area (Å²) >= 11 is 3.45. The lowest BCUT2D eigenvalue weighted by molar-refractivity contribution is 0.951. The highest BCUT2D eigenvalue weighted by molar-refractivity contribution is 9.10. The van der Waals surface area contributed by atoms with Crippen molar-refractivity contribution in [2.75, 3.05) is 0 Å². The molecule has 0 bridgehead atoms. The van der Waals surface area contributed by atoms with Crippen LogP contribution in [0.1, 0.15) is 25.2 Å². The van der Waals surface area contributed by atoms with Gasteiger partial charge in [0.25, 0.3) is 0 Å². The minimum Gasteiger partial charge on any atom is -0.258 e. The minimum absolute atomic E-state index is 1.01. The van der Waals surface area contributed by atoms with Crippen molar-refractivity contribution in [2.24, 2.45) is 0 Å². The Kier molecular flexibility index (Phi) is 3.06. The second kappa shape index (κ2) is 3.86. The van der Waals surface area contributed by atoms with E-state index in [0.29, 0.717) is 0 Å². The summed E-state index contributed by atoms with van der Waals surface area (Å²) in [6, 6.07) is 4.14. The number of rotatable bonds is 2. The van der Waals surface area contributed by atoms with Gasteiger partial charge >= 0.3 is 0 Å². The lowest BCUT2D eigenvalue weighted by atomic mass is 10.2. The molecule has 0 aliphatic carbocycles. The number of aromatic nitrogens is 1. The first-order valence-electron chi connectivity index (χ1n) is 3.91. The molecule has 0 N–H and O–H groups in total. The molecule has 1 rings (SSSR count). The van der Waals surface area contributed by atoms with Gasteiger partial charge in [0, 0.05) is 15.9 Å². The van der Waals surface area contributed by atoms with Crippen LogP contribution in [0.4, 0.5) is 0 Å². The predicted molar refractivity (Wildman–Crippen MR) is 50.7 cm³/mol. The van der Waals surface area contributed by atoms with Crippen LogP contribution in [0, 0.1) is 0 Å². The number of aryl methyl sites for hydroxylation is 2. The Labute approximate surface area is 76.0 Å². The minimum atomic E-state index is 1.01. The summed E-state index contributed by atoms with van der Waals surface area (Å²) in [5, 5.41) is 0. The number of nitrogens with zero attached hydrogens (tertiary/aromatic N) is 1. The normalized spacial score (nSPS) is 10.1. The smallest absolute Gasteiger partial charge is 0.0415 e. The average Bonchev–Trinajstić information content (AvgIpc) is 2.03. The fourth-order valence-corrected chi connectivity index (χ4v) is 1.50. The van der Waals surface area contributed by atoms with Crippen molar-refractivity contribution in [1.82, 2.24) is 4.98 Å². The van der Waals surface area contributed by atoms with E-state index in [1.165, 1.54) is 0 Å². The second-order valence-corrected chi connectivity index (χ2v) is 3.39. The number of halogens is 1.